The summed E-state index contributed by atoms with van der Waals surface area (Å²) in [5.74, 6) is 0.666. The molecule has 1 saturated heterocycles. The summed E-state index contributed by atoms with van der Waals surface area (Å²) in [4.78, 5) is 11.9. The molecule has 0 aliphatic carbocycles. The summed E-state index contributed by atoms with van der Waals surface area (Å²) in [6.07, 6.45) is 10.1. The summed E-state index contributed by atoms with van der Waals surface area (Å²) in [5.41, 5.74) is 3.22. The van der Waals surface area contributed by atoms with Crippen LogP contribution in [0, 0.1) is 5.92 Å². The maximum absolute atomic E-state index is 4.68. The first-order valence-electron chi connectivity index (χ1n) is 9.25. The minimum atomic E-state index is 0.625. The minimum absolute atomic E-state index is 0.625. The van der Waals surface area contributed by atoms with Crippen LogP contribution in [0.1, 0.15) is 45.7 Å². The summed E-state index contributed by atoms with van der Waals surface area (Å²) in [7, 11) is 0. The number of piperidine rings is 1. The standard InChI is InChI=1S/C19H29N5/c1-4-11-24-18(7-8-22-24)19-17(20-9-10-21-19)13-16-6-5-12-23(14-16)15(2)3/h7-10,15-16H,4-6,11-14H2,1-3H3. The molecule has 2 aromatic heterocycles. The van der Waals surface area contributed by atoms with Crippen molar-refractivity contribution in [3.63, 3.8) is 0 Å². The van der Waals surface area contributed by atoms with E-state index in [0.717, 1.165) is 36.5 Å². The Morgan fingerprint density at radius 3 is 2.83 bits per heavy atom. The van der Waals surface area contributed by atoms with Gasteiger partial charge in [0, 0.05) is 37.7 Å². The molecule has 3 rings (SSSR count). The minimum Gasteiger partial charge on any atom is -0.301 e. The molecule has 1 aliphatic heterocycles. The second-order valence-corrected chi connectivity index (χ2v) is 7.09. The SMILES string of the molecule is CCCn1nccc1-c1nccnc1CC1CCCN(C(C)C)C1. The highest BCUT2D eigenvalue weighted by Gasteiger charge is 2.24. The van der Waals surface area contributed by atoms with Gasteiger partial charge in [0.2, 0.25) is 0 Å². The fraction of sp³-hybridized carbons (Fsp3) is 0.632. The first-order chi connectivity index (χ1) is 11.7. The summed E-state index contributed by atoms with van der Waals surface area (Å²) in [6, 6.07) is 2.69. The van der Waals surface area contributed by atoms with E-state index in [1.54, 1.807) is 6.20 Å². The number of likely N-dealkylation sites (tertiary alicyclic amines) is 1. The molecule has 24 heavy (non-hydrogen) atoms. The summed E-state index contributed by atoms with van der Waals surface area (Å²) in [5, 5.41) is 4.45. The van der Waals surface area contributed by atoms with Crippen LogP contribution < -0.4 is 0 Å². The molecule has 0 bridgehead atoms. The van der Waals surface area contributed by atoms with Crippen molar-refractivity contribution in [3.05, 3.63) is 30.4 Å². The van der Waals surface area contributed by atoms with Gasteiger partial charge in [-0.3, -0.25) is 14.6 Å². The van der Waals surface area contributed by atoms with Crippen LogP contribution in [-0.4, -0.2) is 43.8 Å². The Bertz CT molecular complexity index is 649. The quantitative estimate of drug-likeness (QED) is 0.816. The van der Waals surface area contributed by atoms with Crippen LogP contribution in [0.2, 0.25) is 0 Å². The highest BCUT2D eigenvalue weighted by atomic mass is 15.3. The molecule has 130 valence electrons. The van der Waals surface area contributed by atoms with Gasteiger partial charge in [-0.2, -0.15) is 5.10 Å². The second kappa shape index (κ2) is 7.88. The average molecular weight is 327 g/mol. The first kappa shape index (κ1) is 17.1. The van der Waals surface area contributed by atoms with Gasteiger partial charge in [-0.15, -0.1) is 0 Å². The topological polar surface area (TPSA) is 46.8 Å². The monoisotopic (exact) mass is 327 g/mol. The van der Waals surface area contributed by atoms with Crippen molar-refractivity contribution >= 4 is 0 Å². The summed E-state index contributed by atoms with van der Waals surface area (Å²) < 4.78 is 2.05. The van der Waals surface area contributed by atoms with Crippen LogP contribution >= 0.6 is 0 Å². The van der Waals surface area contributed by atoms with Crippen LogP contribution in [0.15, 0.2) is 24.7 Å². The molecule has 0 amide bonds. The maximum atomic E-state index is 4.68. The molecule has 0 aromatic carbocycles. The molecule has 0 saturated carbocycles. The van der Waals surface area contributed by atoms with Crippen molar-refractivity contribution in [2.45, 2.75) is 59.0 Å². The Labute approximate surface area is 145 Å². The van der Waals surface area contributed by atoms with E-state index in [-0.39, 0.29) is 0 Å². The van der Waals surface area contributed by atoms with Crippen molar-refractivity contribution in [3.8, 4) is 11.4 Å². The lowest BCUT2D eigenvalue weighted by Gasteiger charge is -2.35. The fourth-order valence-corrected chi connectivity index (χ4v) is 3.66. The zero-order chi connectivity index (χ0) is 16.9. The van der Waals surface area contributed by atoms with Crippen LogP contribution in [0.3, 0.4) is 0 Å². The number of aryl methyl sites for hydroxylation is 1. The molecule has 0 spiro atoms. The van der Waals surface area contributed by atoms with E-state index in [4.69, 9.17) is 0 Å². The van der Waals surface area contributed by atoms with Gasteiger partial charge >= 0.3 is 0 Å². The third kappa shape index (κ3) is 3.83. The van der Waals surface area contributed by atoms with E-state index in [0.29, 0.717) is 12.0 Å². The van der Waals surface area contributed by atoms with Gasteiger partial charge in [-0.1, -0.05) is 6.92 Å². The Kier molecular flexibility index (Phi) is 5.61. The number of rotatable bonds is 6. The average Bonchev–Trinajstić information content (AvgIpc) is 3.04. The third-order valence-electron chi connectivity index (χ3n) is 4.93. The van der Waals surface area contributed by atoms with E-state index in [1.807, 2.05) is 12.4 Å². The largest absolute Gasteiger partial charge is 0.301 e. The van der Waals surface area contributed by atoms with Crippen LogP contribution in [0.25, 0.3) is 11.4 Å². The number of aromatic nitrogens is 4. The van der Waals surface area contributed by atoms with Gasteiger partial charge in [-0.25, -0.2) is 0 Å². The van der Waals surface area contributed by atoms with Gasteiger partial charge in [0.15, 0.2) is 0 Å². The van der Waals surface area contributed by atoms with Gasteiger partial charge in [0.25, 0.3) is 0 Å². The van der Waals surface area contributed by atoms with Crippen molar-refractivity contribution in [2.24, 2.45) is 5.92 Å². The van der Waals surface area contributed by atoms with E-state index in [9.17, 15) is 0 Å². The molecular weight excluding hydrogens is 298 g/mol. The Hall–Kier alpha value is -1.75. The second-order valence-electron chi connectivity index (χ2n) is 7.09. The molecular formula is C19H29N5. The third-order valence-corrected chi connectivity index (χ3v) is 4.93. The van der Waals surface area contributed by atoms with Gasteiger partial charge in [-0.05, 0) is 58.1 Å². The van der Waals surface area contributed by atoms with Gasteiger partial charge in [0.1, 0.15) is 5.69 Å². The summed E-state index contributed by atoms with van der Waals surface area (Å²) in [6.45, 7) is 10.1. The Morgan fingerprint density at radius 2 is 2.04 bits per heavy atom. The first-order valence-corrected chi connectivity index (χ1v) is 9.25. The maximum Gasteiger partial charge on any atom is 0.110 e. The van der Waals surface area contributed by atoms with Crippen LogP contribution in [0.5, 0.6) is 0 Å². The van der Waals surface area contributed by atoms with Crippen LogP contribution in [-0.2, 0) is 13.0 Å². The lowest BCUT2D eigenvalue weighted by molar-refractivity contribution is 0.139. The molecule has 5 nitrogen and oxygen atoms in total. The number of nitrogens with zero attached hydrogens (tertiary/aromatic N) is 5. The van der Waals surface area contributed by atoms with Crippen molar-refractivity contribution in [1.29, 1.82) is 0 Å². The molecule has 1 atom stereocenters. The molecule has 5 heteroatoms. The van der Waals surface area contributed by atoms with Gasteiger partial charge in [0.05, 0.1) is 11.4 Å². The van der Waals surface area contributed by atoms with E-state index in [1.165, 1.54) is 25.9 Å². The number of hydrogen-bond acceptors (Lipinski definition) is 4. The zero-order valence-corrected chi connectivity index (χ0v) is 15.1. The zero-order valence-electron chi connectivity index (χ0n) is 15.1. The molecule has 1 fully saturated rings. The Morgan fingerprint density at radius 1 is 1.21 bits per heavy atom. The molecule has 1 aliphatic rings. The van der Waals surface area contributed by atoms with Gasteiger partial charge < -0.3 is 4.90 Å². The van der Waals surface area contributed by atoms with E-state index >= 15 is 0 Å². The Balaban J connectivity index is 1.80. The smallest absolute Gasteiger partial charge is 0.110 e. The van der Waals surface area contributed by atoms with Crippen molar-refractivity contribution in [2.75, 3.05) is 13.1 Å². The van der Waals surface area contributed by atoms with E-state index in [2.05, 4.69) is 51.5 Å². The predicted molar refractivity (Wildman–Crippen MR) is 96.7 cm³/mol. The highest BCUT2D eigenvalue weighted by molar-refractivity contribution is 5.57. The van der Waals surface area contributed by atoms with Crippen molar-refractivity contribution < 1.29 is 0 Å². The number of hydrogen-bond donors (Lipinski definition) is 0. The lowest BCUT2D eigenvalue weighted by atomic mass is 9.91. The predicted octanol–water partition coefficient (Wildman–Crippen LogP) is 3.41. The van der Waals surface area contributed by atoms with E-state index < -0.39 is 0 Å². The lowest BCUT2D eigenvalue weighted by Crippen LogP contribution is -2.40. The molecule has 3 heterocycles. The molecule has 0 radical (unpaired) electrons. The normalized spacial score (nSPS) is 19.1. The molecule has 2 aromatic rings. The summed E-state index contributed by atoms with van der Waals surface area (Å²) >= 11 is 0. The molecule has 0 N–H and O–H groups in total. The van der Waals surface area contributed by atoms with Crippen LogP contribution in [0.4, 0.5) is 0 Å². The highest BCUT2D eigenvalue weighted by Crippen LogP contribution is 2.26. The van der Waals surface area contributed by atoms with Crippen molar-refractivity contribution in [1.82, 2.24) is 24.6 Å². The fourth-order valence-electron chi connectivity index (χ4n) is 3.66. The molecule has 1 unspecified atom stereocenters.